The van der Waals surface area contributed by atoms with Crippen LogP contribution >= 0.6 is 0 Å². The van der Waals surface area contributed by atoms with Crippen LogP contribution in [0.5, 0.6) is 5.75 Å². The van der Waals surface area contributed by atoms with Crippen LogP contribution in [0.2, 0.25) is 0 Å². The summed E-state index contributed by atoms with van der Waals surface area (Å²) in [5, 5.41) is 3.55. The number of hydrogen-bond donors (Lipinski definition) is 1. The van der Waals surface area contributed by atoms with E-state index in [0.29, 0.717) is 17.5 Å². The Hall–Kier alpha value is -3.12. The predicted molar refractivity (Wildman–Crippen MR) is 104 cm³/mol. The van der Waals surface area contributed by atoms with Crippen LogP contribution in [-0.2, 0) is 0 Å². The van der Waals surface area contributed by atoms with Crippen molar-refractivity contribution in [3.8, 4) is 5.75 Å². The van der Waals surface area contributed by atoms with Gasteiger partial charge in [0.2, 0.25) is 0 Å². The maximum absolute atomic E-state index is 12.6. The number of carbonyl (C=O) groups is 1. The van der Waals surface area contributed by atoms with Gasteiger partial charge in [0.15, 0.2) is 0 Å². The van der Waals surface area contributed by atoms with Crippen molar-refractivity contribution in [1.82, 2.24) is 10.2 Å². The molecule has 0 saturated heterocycles. The number of hydrogen-bond acceptors (Lipinski definition) is 5. The monoisotopic (exact) mass is 366 g/mol. The Morgan fingerprint density at radius 3 is 2.52 bits per heavy atom. The largest absolute Gasteiger partial charge is 0.497 e. The van der Waals surface area contributed by atoms with Gasteiger partial charge < -0.3 is 19.4 Å². The normalized spacial score (nSPS) is 12.1. The van der Waals surface area contributed by atoms with E-state index in [0.717, 1.165) is 11.3 Å². The van der Waals surface area contributed by atoms with Gasteiger partial charge in [-0.3, -0.25) is 4.79 Å². The average molecular weight is 366 g/mol. The Kier molecular flexibility index (Phi) is 5.57. The zero-order chi connectivity index (χ0) is 19.4. The van der Waals surface area contributed by atoms with Crippen LogP contribution in [0, 0.1) is 0 Å². The number of likely N-dealkylation sites (N-methyl/N-ethyl adjacent to an activating group) is 1. The Labute approximate surface area is 157 Å². The second-order valence-corrected chi connectivity index (χ2v) is 6.45. The van der Waals surface area contributed by atoms with Crippen molar-refractivity contribution in [2.75, 3.05) is 27.7 Å². The topological polar surface area (TPSA) is 71.8 Å². The SMILES string of the molecule is COc1ccc(C(CNC(=O)c2cc3ccccc3oc2=O)N(C)C)cc1. The first kappa shape index (κ1) is 18.7. The number of amides is 1. The van der Waals surface area contributed by atoms with Crippen LogP contribution in [0.25, 0.3) is 11.0 Å². The molecule has 0 saturated carbocycles. The number of methoxy groups -OCH3 is 1. The molecular weight excluding hydrogens is 344 g/mol. The van der Waals surface area contributed by atoms with E-state index in [2.05, 4.69) is 5.32 Å². The molecule has 27 heavy (non-hydrogen) atoms. The van der Waals surface area contributed by atoms with Crippen LogP contribution in [0.15, 0.2) is 63.8 Å². The molecule has 1 aromatic heterocycles. The summed E-state index contributed by atoms with van der Waals surface area (Å²) in [6.45, 7) is 0.352. The van der Waals surface area contributed by atoms with Crippen LogP contribution in [0.4, 0.5) is 0 Å². The summed E-state index contributed by atoms with van der Waals surface area (Å²) >= 11 is 0. The summed E-state index contributed by atoms with van der Waals surface area (Å²) in [5.74, 6) is 0.323. The first-order valence-electron chi connectivity index (χ1n) is 8.61. The number of ether oxygens (including phenoxy) is 1. The van der Waals surface area contributed by atoms with E-state index in [1.165, 1.54) is 0 Å². The van der Waals surface area contributed by atoms with Gasteiger partial charge in [0.25, 0.3) is 5.91 Å². The molecule has 140 valence electrons. The zero-order valence-corrected chi connectivity index (χ0v) is 15.6. The van der Waals surface area contributed by atoms with Gasteiger partial charge >= 0.3 is 5.63 Å². The molecule has 1 atom stereocenters. The highest BCUT2D eigenvalue weighted by Gasteiger charge is 2.18. The maximum Gasteiger partial charge on any atom is 0.349 e. The van der Waals surface area contributed by atoms with E-state index in [1.807, 2.05) is 49.3 Å². The summed E-state index contributed by atoms with van der Waals surface area (Å²) in [6, 6.07) is 16.3. The van der Waals surface area contributed by atoms with Crippen molar-refractivity contribution in [3.05, 3.63) is 76.1 Å². The smallest absolute Gasteiger partial charge is 0.349 e. The minimum Gasteiger partial charge on any atom is -0.497 e. The number of nitrogens with zero attached hydrogens (tertiary/aromatic N) is 1. The molecule has 6 heteroatoms. The summed E-state index contributed by atoms with van der Waals surface area (Å²) in [4.78, 5) is 26.7. The first-order valence-corrected chi connectivity index (χ1v) is 8.61. The second kappa shape index (κ2) is 8.05. The van der Waals surface area contributed by atoms with Crippen molar-refractivity contribution in [1.29, 1.82) is 0 Å². The van der Waals surface area contributed by atoms with Crippen molar-refractivity contribution < 1.29 is 13.9 Å². The van der Waals surface area contributed by atoms with E-state index in [1.54, 1.807) is 31.4 Å². The minimum absolute atomic E-state index is 0.000868. The third-order valence-electron chi connectivity index (χ3n) is 4.47. The second-order valence-electron chi connectivity index (χ2n) is 6.45. The lowest BCUT2D eigenvalue weighted by molar-refractivity contribution is 0.0938. The van der Waals surface area contributed by atoms with E-state index in [-0.39, 0.29) is 11.6 Å². The van der Waals surface area contributed by atoms with Crippen LogP contribution in [0.3, 0.4) is 0 Å². The summed E-state index contributed by atoms with van der Waals surface area (Å²) < 4.78 is 10.4. The lowest BCUT2D eigenvalue weighted by Gasteiger charge is -2.25. The molecule has 0 aliphatic rings. The van der Waals surface area contributed by atoms with Gasteiger partial charge in [-0.1, -0.05) is 30.3 Å². The minimum atomic E-state index is -0.642. The highest BCUT2D eigenvalue weighted by atomic mass is 16.5. The van der Waals surface area contributed by atoms with Crippen LogP contribution in [-0.4, -0.2) is 38.6 Å². The lowest BCUT2D eigenvalue weighted by atomic mass is 10.1. The molecule has 1 amide bonds. The first-order chi connectivity index (χ1) is 13.0. The van der Waals surface area contributed by atoms with Crippen molar-refractivity contribution in [3.63, 3.8) is 0 Å². The fourth-order valence-electron chi connectivity index (χ4n) is 2.93. The molecule has 0 spiro atoms. The predicted octanol–water partition coefficient (Wildman–Crippen LogP) is 2.83. The van der Waals surface area contributed by atoms with Crippen molar-refractivity contribution in [2.45, 2.75) is 6.04 Å². The van der Waals surface area contributed by atoms with Gasteiger partial charge in [-0.25, -0.2) is 4.79 Å². The Bertz CT molecular complexity index is 993. The Morgan fingerprint density at radius 2 is 1.85 bits per heavy atom. The number of benzene rings is 2. The molecule has 6 nitrogen and oxygen atoms in total. The Balaban J connectivity index is 1.78. The summed E-state index contributed by atoms with van der Waals surface area (Å²) in [6.07, 6.45) is 0. The maximum atomic E-state index is 12.6. The molecule has 1 unspecified atom stereocenters. The quantitative estimate of drug-likeness (QED) is 0.679. The summed E-state index contributed by atoms with van der Waals surface area (Å²) in [7, 11) is 5.49. The molecule has 0 aliphatic heterocycles. The highest BCUT2D eigenvalue weighted by molar-refractivity contribution is 5.96. The van der Waals surface area contributed by atoms with Gasteiger partial charge in [0, 0.05) is 11.9 Å². The number of rotatable bonds is 6. The Morgan fingerprint density at radius 1 is 1.15 bits per heavy atom. The molecule has 0 aliphatic carbocycles. The highest BCUT2D eigenvalue weighted by Crippen LogP contribution is 2.21. The standard InChI is InChI=1S/C21H22N2O4/c1-23(2)18(14-8-10-16(26-3)11-9-14)13-22-20(24)17-12-15-6-4-5-7-19(15)27-21(17)25/h4-12,18H,13H2,1-3H3,(H,22,24). The molecule has 3 rings (SSSR count). The number of nitrogens with one attached hydrogen (secondary N) is 1. The molecule has 1 N–H and O–H groups in total. The molecule has 3 aromatic rings. The fraction of sp³-hybridized carbons (Fsp3) is 0.238. The lowest BCUT2D eigenvalue weighted by Crippen LogP contribution is -2.36. The van der Waals surface area contributed by atoms with E-state index < -0.39 is 11.5 Å². The third kappa shape index (κ3) is 4.17. The van der Waals surface area contributed by atoms with E-state index in [9.17, 15) is 9.59 Å². The van der Waals surface area contributed by atoms with Crippen molar-refractivity contribution >= 4 is 16.9 Å². The molecule has 0 bridgehead atoms. The molecule has 0 fully saturated rings. The van der Waals surface area contributed by atoms with Gasteiger partial charge in [-0.15, -0.1) is 0 Å². The van der Waals surface area contributed by atoms with Crippen LogP contribution < -0.4 is 15.7 Å². The molecule has 0 radical (unpaired) electrons. The molecular formula is C21H22N2O4. The number of carbonyl (C=O) groups excluding carboxylic acids is 1. The van der Waals surface area contributed by atoms with Crippen LogP contribution in [0.1, 0.15) is 22.0 Å². The van der Waals surface area contributed by atoms with Gasteiger partial charge in [0.1, 0.15) is 16.9 Å². The van der Waals surface area contributed by atoms with Gasteiger partial charge in [-0.2, -0.15) is 0 Å². The number of para-hydroxylation sites is 1. The van der Waals surface area contributed by atoms with Gasteiger partial charge in [0.05, 0.1) is 13.2 Å². The molecule has 2 aromatic carbocycles. The third-order valence-corrected chi connectivity index (χ3v) is 4.47. The number of fused-ring (bicyclic) bond motifs is 1. The van der Waals surface area contributed by atoms with E-state index >= 15 is 0 Å². The fourth-order valence-corrected chi connectivity index (χ4v) is 2.93. The van der Waals surface area contributed by atoms with Gasteiger partial charge in [-0.05, 0) is 43.9 Å². The summed E-state index contributed by atoms with van der Waals surface area (Å²) in [5.41, 5.74) is 0.855. The average Bonchev–Trinajstić information content (AvgIpc) is 2.67. The van der Waals surface area contributed by atoms with Crippen molar-refractivity contribution in [2.24, 2.45) is 0 Å². The van der Waals surface area contributed by atoms with E-state index in [4.69, 9.17) is 9.15 Å². The zero-order valence-electron chi connectivity index (χ0n) is 15.6. The molecule has 1 heterocycles.